The Hall–Kier alpha value is -2.62. The van der Waals surface area contributed by atoms with Crippen LogP contribution in [0.1, 0.15) is 59.1 Å². The van der Waals surface area contributed by atoms with E-state index in [9.17, 15) is 5.11 Å². The van der Waals surface area contributed by atoms with Gasteiger partial charge in [0.2, 0.25) is 0 Å². The van der Waals surface area contributed by atoms with Gasteiger partial charge in [-0.15, -0.1) is 0 Å². The first-order valence-corrected chi connectivity index (χ1v) is 11.9. The molecular weight excluding hydrogens is 394 g/mol. The van der Waals surface area contributed by atoms with Crippen LogP contribution in [0.2, 0.25) is 0 Å². The molecule has 1 saturated heterocycles. The van der Waals surface area contributed by atoms with Gasteiger partial charge in [0, 0.05) is 17.9 Å². The molecule has 0 amide bonds. The van der Waals surface area contributed by atoms with Crippen LogP contribution in [0.3, 0.4) is 0 Å². The quantitative estimate of drug-likeness (QED) is 0.604. The van der Waals surface area contributed by atoms with Gasteiger partial charge in [0.05, 0.1) is 13.2 Å². The minimum absolute atomic E-state index is 0.124. The van der Waals surface area contributed by atoms with Crippen molar-refractivity contribution >= 4 is 0 Å². The van der Waals surface area contributed by atoms with Gasteiger partial charge < -0.3 is 14.7 Å². The predicted molar refractivity (Wildman–Crippen MR) is 127 cm³/mol. The third-order valence-electron chi connectivity index (χ3n) is 8.29. The molecule has 3 aliphatic rings. The Labute approximate surface area is 190 Å². The summed E-state index contributed by atoms with van der Waals surface area (Å²) >= 11 is 0. The number of fused-ring (bicyclic) bond motifs is 8. The van der Waals surface area contributed by atoms with Crippen LogP contribution in [0.4, 0.5) is 0 Å². The number of aliphatic hydroxyl groups is 1. The second kappa shape index (κ2) is 7.75. The lowest BCUT2D eigenvalue weighted by Crippen LogP contribution is -2.44. The monoisotopic (exact) mass is 425 g/mol. The maximum absolute atomic E-state index is 11.0. The van der Waals surface area contributed by atoms with Crippen LogP contribution in [-0.2, 0) is 5.41 Å². The molecule has 164 valence electrons. The maximum Gasteiger partial charge on any atom is 0.118 e. The summed E-state index contributed by atoms with van der Waals surface area (Å²) in [7, 11) is 1.67. The van der Waals surface area contributed by atoms with Crippen molar-refractivity contribution in [3.63, 3.8) is 0 Å². The lowest BCUT2D eigenvalue weighted by molar-refractivity contribution is 0.0540. The average molecular weight is 426 g/mol. The fraction of sp³-hybridized carbons (Fsp3) is 0.379. The zero-order valence-corrected chi connectivity index (χ0v) is 18.7. The predicted octanol–water partition coefficient (Wildman–Crippen LogP) is 5.28. The van der Waals surface area contributed by atoms with E-state index in [1.807, 2.05) is 24.3 Å². The highest BCUT2D eigenvalue weighted by Gasteiger charge is 2.53. The van der Waals surface area contributed by atoms with E-state index in [4.69, 9.17) is 4.74 Å². The zero-order valence-electron chi connectivity index (χ0n) is 18.7. The highest BCUT2D eigenvalue weighted by molar-refractivity contribution is 5.62. The maximum atomic E-state index is 11.0. The van der Waals surface area contributed by atoms with Crippen molar-refractivity contribution in [2.75, 3.05) is 26.7 Å². The number of likely N-dealkylation sites (tertiary alicyclic amines) is 1. The van der Waals surface area contributed by atoms with Gasteiger partial charge in [-0.2, -0.15) is 0 Å². The molecule has 6 rings (SSSR count). The zero-order chi connectivity index (χ0) is 21.7. The highest BCUT2D eigenvalue weighted by atomic mass is 16.5. The molecule has 0 aromatic heterocycles. The van der Waals surface area contributed by atoms with Gasteiger partial charge in [-0.05, 0) is 78.2 Å². The van der Waals surface area contributed by atoms with Crippen LogP contribution in [0.15, 0.2) is 72.8 Å². The molecule has 0 radical (unpaired) electrons. The number of methoxy groups -OCH3 is 1. The average Bonchev–Trinajstić information content (AvgIpc) is 3.36. The van der Waals surface area contributed by atoms with Gasteiger partial charge in [0.1, 0.15) is 5.75 Å². The molecule has 0 saturated carbocycles. The van der Waals surface area contributed by atoms with Crippen molar-refractivity contribution in [3.05, 3.63) is 101 Å². The van der Waals surface area contributed by atoms with E-state index in [0.29, 0.717) is 11.8 Å². The molecule has 3 aromatic carbocycles. The number of hydrogen-bond acceptors (Lipinski definition) is 3. The number of piperidine rings is 1. The molecule has 32 heavy (non-hydrogen) atoms. The first-order valence-electron chi connectivity index (χ1n) is 11.9. The van der Waals surface area contributed by atoms with Crippen molar-refractivity contribution in [2.45, 2.75) is 36.7 Å². The summed E-state index contributed by atoms with van der Waals surface area (Å²) in [6.45, 7) is 3.19. The Balaban J connectivity index is 1.19. The van der Waals surface area contributed by atoms with Crippen molar-refractivity contribution in [1.82, 2.24) is 4.90 Å². The van der Waals surface area contributed by atoms with Gasteiger partial charge in [0.15, 0.2) is 0 Å². The summed E-state index contributed by atoms with van der Waals surface area (Å²) in [4.78, 5) is 2.65. The van der Waals surface area contributed by atoms with Crippen LogP contribution < -0.4 is 4.74 Å². The lowest BCUT2D eigenvalue weighted by Gasteiger charge is -2.40. The molecule has 1 heterocycles. The van der Waals surface area contributed by atoms with Gasteiger partial charge >= 0.3 is 0 Å². The summed E-state index contributed by atoms with van der Waals surface area (Å²) in [5.41, 5.74) is 7.29. The Morgan fingerprint density at radius 1 is 0.906 bits per heavy atom. The molecule has 1 unspecified atom stereocenters. The molecule has 1 atom stereocenters. The molecule has 3 heteroatoms. The molecule has 2 bridgehead atoms. The SMILES string of the molecule is COc1ccc(C(O)C2CCN(CC34CC(c5ccccc53)c3ccccc34)CC2)cc1. The minimum atomic E-state index is -0.398. The summed E-state index contributed by atoms with van der Waals surface area (Å²) < 4.78 is 5.26. The molecule has 0 spiro atoms. The molecular formula is C29H31NO2. The summed E-state index contributed by atoms with van der Waals surface area (Å²) in [5.74, 6) is 1.70. The standard InChI is InChI=1S/C29H31NO2/c1-32-22-12-10-20(11-13-22)28(31)21-14-16-30(17-15-21)19-29-18-25(23-6-2-4-8-26(23)29)24-7-3-5-9-27(24)29/h2-13,21,25,28,31H,14-19H2,1H3. The smallest absolute Gasteiger partial charge is 0.118 e. The number of ether oxygens (including phenoxy) is 1. The Kier molecular flexibility index (Phi) is 4.85. The summed E-state index contributed by atoms with van der Waals surface area (Å²) in [6.07, 6.45) is 2.89. The van der Waals surface area contributed by atoms with E-state index in [1.165, 1.54) is 17.5 Å². The molecule has 1 fully saturated rings. The third-order valence-corrected chi connectivity index (χ3v) is 8.29. The van der Waals surface area contributed by atoms with Crippen LogP contribution in [0.5, 0.6) is 5.75 Å². The van der Waals surface area contributed by atoms with E-state index in [2.05, 4.69) is 53.4 Å². The van der Waals surface area contributed by atoms with Crippen LogP contribution in [0, 0.1) is 5.92 Å². The van der Waals surface area contributed by atoms with Gasteiger partial charge in [-0.1, -0.05) is 60.7 Å². The van der Waals surface area contributed by atoms with E-state index in [1.54, 1.807) is 18.2 Å². The van der Waals surface area contributed by atoms with Gasteiger partial charge in [-0.3, -0.25) is 0 Å². The highest BCUT2D eigenvalue weighted by Crippen LogP contribution is 2.60. The summed E-state index contributed by atoms with van der Waals surface area (Å²) in [6, 6.07) is 26.1. The first kappa shape index (κ1) is 20.0. The number of nitrogens with zero attached hydrogens (tertiary/aromatic N) is 1. The second-order valence-electron chi connectivity index (χ2n) is 9.84. The van der Waals surface area contributed by atoms with Crippen molar-refractivity contribution < 1.29 is 9.84 Å². The Bertz CT molecular complexity index is 1070. The van der Waals surface area contributed by atoms with Crippen molar-refractivity contribution in [1.29, 1.82) is 0 Å². The first-order chi connectivity index (χ1) is 15.7. The second-order valence-corrected chi connectivity index (χ2v) is 9.84. The fourth-order valence-corrected chi connectivity index (χ4v) is 6.69. The van der Waals surface area contributed by atoms with Crippen LogP contribution >= 0.6 is 0 Å². The number of hydrogen-bond donors (Lipinski definition) is 1. The van der Waals surface area contributed by atoms with Crippen LogP contribution in [-0.4, -0.2) is 36.8 Å². The van der Waals surface area contributed by atoms with Gasteiger partial charge in [-0.25, -0.2) is 0 Å². The van der Waals surface area contributed by atoms with E-state index in [-0.39, 0.29) is 5.41 Å². The molecule has 2 aliphatic carbocycles. The van der Waals surface area contributed by atoms with E-state index in [0.717, 1.165) is 43.8 Å². The number of aliphatic hydroxyl groups excluding tert-OH is 1. The Morgan fingerprint density at radius 3 is 2.09 bits per heavy atom. The van der Waals surface area contributed by atoms with Crippen molar-refractivity contribution in [3.8, 4) is 5.75 Å². The lowest BCUT2D eigenvalue weighted by atomic mass is 9.74. The molecule has 3 nitrogen and oxygen atoms in total. The van der Waals surface area contributed by atoms with E-state index < -0.39 is 6.10 Å². The topological polar surface area (TPSA) is 32.7 Å². The fourth-order valence-electron chi connectivity index (χ4n) is 6.69. The number of rotatable bonds is 5. The molecule has 1 N–H and O–H groups in total. The van der Waals surface area contributed by atoms with Crippen LogP contribution in [0.25, 0.3) is 0 Å². The molecule has 3 aromatic rings. The summed E-state index contributed by atoms with van der Waals surface area (Å²) in [5, 5.41) is 11.0. The molecule has 1 aliphatic heterocycles. The van der Waals surface area contributed by atoms with E-state index >= 15 is 0 Å². The third kappa shape index (κ3) is 3.02. The van der Waals surface area contributed by atoms with Gasteiger partial charge in [0.25, 0.3) is 0 Å². The number of benzene rings is 3. The largest absolute Gasteiger partial charge is 0.497 e. The minimum Gasteiger partial charge on any atom is -0.497 e. The van der Waals surface area contributed by atoms with Crippen molar-refractivity contribution in [2.24, 2.45) is 5.92 Å². The Morgan fingerprint density at radius 2 is 1.50 bits per heavy atom. The normalized spacial score (nSPS) is 25.4.